The van der Waals surface area contributed by atoms with Crippen molar-refractivity contribution in [1.82, 2.24) is 0 Å². The molecule has 0 aromatic carbocycles. The number of unbranched alkanes of at least 4 members (excludes halogenated alkanes) is 24. The molecular weight excluding hydrogens is 480 g/mol. The van der Waals surface area contributed by atoms with E-state index in [4.69, 9.17) is 0 Å². The van der Waals surface area contributed by atoms with Crippen LogP contribution in [0.5, 0.6) is 0 Å². The number of carboxylic acid groups (broad SMARTS) is 1. The largest absolute Gasteiger partial charge is 0.481 e. The summed E-state index contributed by atoms with van der Waals surface area (Å²) in [4.78, 5) is 24.1. The average Bonchev–Trinajstić information content (AvgIpc) is 2.90. The zero-order valence-corrected chi connectivity index (χ0v) is 26.9. The predicted molar refractivity (Wildman–Crippen MR) is 171 cm³/mol. The maximum Gasteiger partial charge on any atom is 0.314 e. The van der Waals surface area contributed by atoms with Gasteiger partial charge in [0.05, 0.1) is 0 Å². The van der Waals surface area contributed by atoms with Crippen molar-refractivity contribution in [2.45, 2.75) is 207 Å². The highest BCUT2D eigenvalue weighted by molar-refractivity contribution is 5.98. The molecule has 3 heteroatoms. The summed E-state index contributed by atoms with van der Waals surface area (Å²) in [6, 6.07) is 0. The Morgan fingerprint density at radius 1 is 0.462 bits per heavy atom. The summed E-state index contributed by atoms with van der Waals surface area (Å²) in [6.07, 6.45) is 35.8. The molecule has 0 spiro atoms. The summed E-state index contributed by atoms with van der Waals surface area (Å²) in [5, 5.41) is 9.55. The minimum atomic E-state index is -0.908. The van der Waals surface area contributed by atoms with E-state index in [2.05, 4.69) is 20.8 Å². The highest BCUT2D eigenvalue weighted by Gasteiger charge is 2.24. The van der Waals surface area contributed by atoms with E-state index in [-0.39, 0.29) is 5.78 Å². The molecule has 0 rings (SSSR count). The molecule has 0 bridgehead atoms. The van der Waals surface area contributed by atoms with E-state index in [0.717, 1.165) is 31.6 Å². The van der Waals surface area contributed by atoms with E-state index in [9.17, 15) is 14.7 Å². The third kappa shape index (κ3) is 28.5. The SMILES string of the molecule is CCCCCCCCCCCCCCCCC(C(=O)O)C(=O)CCCCCCCCCCCCCCC(C)C. The number of carbonyl (C=O) groups is 2. The van der Waals surface area contributed by atoms with Crippen LogP contribution in [0, 0.1) is 11.8 Å². The van der Waals surface area contributed by atoms with Gasteiger partial charge in [-0.3, -0.25) is 9.59 Å². The van der Waals surface area contributed by atoms with Gasteiger partial charge in [0.1, 0.15) is 11.7 Å². The molecule has 0 fully saturated rings. The first kappa shape index (κ1) is 38.1. The predicted octanol–water partition coefficient (Wildman–Crippen LogP) is 12.2. The number of ketones is 1. The molecule has 1 atom stereocenters. The highest BCUT2D eigenvalue weighted by Crippen LogP contribution is 2.19. The smallest absolute Gasteiger partial charge is 0.314 e. The van der Waals surface area contributed by atoms with Gasteiger partial charge >= 0.3 is 5.97 Å². The summed E-state index contributed by atoms with van der Waals surface area (Å²) in [7, 11) is 0. The second-order valence-corrected chi connectivity index (χ2v) is 12.9. The number of hydrogen-bond donors (Lipinski definition) is 1. The Labute approximate surface area is 245 Å². The molecule has 0 radical (unpaired) electrons. The Balaban J connectivity index is 3.54. The molecule has 0 aliphatic heterocycles. The zero-order valence-electron chi connectivity index (χ0n) is 26.9. The van der Waals surface area contributed by atoms with Gasteiger partial charge in [-0.15, -0.1) is 0 Å². The minimum absolute atomic E-state index is 0.0365. The van der Waals surface area contributed by atoms with Crippen LogP contribution in [0.3, 0.4) is 0 Å². The highest BCUT2D eigenvalue weighted by atomic mass is 16.4. The van der Waals surface area contributed by atoms with Crippen molar-refractivity contribution in [3.05, 3.63) is 0 Å². The zero-order chi connectivity index (χ0) is 28.8. The van der Waals surface area contributed by atoms with E-state index in [0.29, 0.717) is 12.8 Å². The van der Waals surface area contributed by atoms with Gasteiger partial charge in [0, 0.05) is 6.42 Å². The lowest BCUT2D eigenvalue weighted by Crippen LogP contribution is -2.23. The van der Waals surface area contributed by atoms with Crippen molar-refractivity contribution in [1.29, 1.82) is 0 Å². The summed E-state index contributed by atoms with van der Waals surface area (Å²) in [6.45, 7) is 6.89. The number of Topliss-reactive ketones (excluding diaryl/α,β-unsaturated/α-hetero) is 1. The lowest BCUT2D eigenvalue weighted by Gasteiger charge is -2.11. The Morgan fingerprint density at radius 3 is 1.10 bits per heavy atom. The molecule has 0 aliphatic carbocycles. The van der Waals surface area contributed by atoms with Crippen LogP contribution >= 0.6 is 0 Å². The minimum Gasteiger partial charge on any atom is -0.481 e. The molecule has 0 aromatic heterocycles. The third-order valence-electron chi connectivity index (χ3n) is 8.49. The fourth-order valence-electron chi connectivity index (χ4n) is 5.76. The summed E-state index contributed by atoms with van der Waals surface area (Å²) < 4.78 is 0. The van der Waals surface area contributed by atoms with Gasteiger partial charge < -0.3 is 5.11 Å². The lowest BCUT2D eigenvalue weighted by molar-refractivity contribution is -0.146. The monoisotopic (exact) mass is 551 g/mol. The Hall–Kier alpha value is -0.860. The van der Waals surface area contributed by atoms with Crippen LogP contribution in [-0.2, 0) is 9.59 Å². The van der Waals surface area contributed by atoms with Gasteiger partial charge in [0.2, 0.25) is 0 Å². The van der Waals surface area contributed by atoms with Crippen LogP contribution in [0.1, 0.15) is 207 Å². The van der Waals surface area contributed by atoms with Crippen molar-refractivity contribution in [2.24, 2.45) is 11.8 Å². The Kier molecular flexibility index (Phi) is 29.4. The van der Waals surface area contributed by atoms with Gasteiger partial charge in [0.25, 0.3) is 0 Å². The molecule has 0 aliphatic rings. The fourth-order valence-corrected chi connectivity index (χ4v) is 5.76. The molecule has 0 saturated heterocycles. The van der Waals surface area contributed by atoms with Crippen LogP contribution in [-0.4, -0.2) is 16.9 Å². The standard InChI is InChI=1S/C36H70O3/c1-4-5-6-7-8-9-10-11-12-16-19-22-25-28-31-34(36(38)39)35(37)32-29-26-23-20-17-14-13-15-18-21-24-27-30-33(2)3/h33-34H,4-32H2,1-3H3,(H,38,39). The number of aliphatic carboxylic acids is 1. The molecule has 232 valence electrons. The molecular formula is C36H70O3. The Bertz CT molecular complexity index is 527. The summed E-state index contributed by atoms with van der Waals surface area (Å²) in [5.74, 6) is -0.867. The van der Waals surface area contributed by atoms with E-state index in [1.54, 1.807) is 0 Å². The second kappa shape index (κ2) is 30.1. The molecule has 1 N–H and O–H groups in total. The van der Waals surface area contributed by atoms with E-state index >= 15 is 0 Å². The normalized spacial score (nSPS) is 12.3. The van der Waals surface area contributed by atoms with Gasteiger partial charge in [-0.1, -0.05) is 188 Å². The average molecular weight is 551 g/mol. The van der Waals surface area contributed by atoms with Crippen molar-refractivity contribution in [2.75, 3.05) is 0 Å². The number of carboxylic acids is 1. The molecule has 0 heterocycles. The topological polar surface area (TPSA) is 54.4 Å². The summed E-state index contributed by atoms with van der Waals surface area (Å²) >= 11 is 0. The van der Waals surface area contributed by atoms with E-state index in [1.807, 2.05) is 0 Å². The first-order valence-electron chi connectivity index (χ1n) is 17.7. The van der Waals surface area contributed by atoms with Crippen molar-refractivity contribution < 1.29 is 14.7 Å². The quantitative estimate of drug-likeness (QED) is 0.0669. The molecule has 3 nitrogen and oxygen atoms in total. The molecule has 0 amide bonds. The molecule has 0 saturated carbocycles. The first-order chi connectivity index (χ1) is 19.0. The van der Waals surface area contributed by atoms with E-state index < -0.39 is 11.9 Å². The number of rotatable bonds is 32. The maximum atomic E-state index is 12.5. The third-order valence-corrected chi connectivity index (χ3v) is 8.49. The lowest BCUT2D eigenvalue weighted by atomic mass is 9.93. The van der Waals surface area contributed by atoms with E-state index in [1.165, 1.54) is 148 Å². The van der Waals surface area contributed by atoms with Crippen LogP contribution in [0.4, 0.5) is 0 Å². The van der Waals surface area contributed by atoms with Crippen molar-refractivity contribution >= 4 is 11.8 Å². The van der Waals surface area contributed by atoms with Crippen molar-refractivity contribution in [3.63, 3.8) is 0 Å². The second-order valence-electron chi connectivity index (χ2n) is 12.9. The fraction of sp³-hybridized carbons (Fsp3) is 0.944. The number of hydrogen-bond acceptors (Lipinski definition) is 2. The molecule has 39 heavy (non-hydrogen) atoms. The molecule has 0 aromatic rings. The van der Waals surface area contributed by atoms with Crippen LogP contribution in [0.2, 0.25) is 0 Å². The Morgan fingerprint density at radius 2 is 0.769 bits per heavy atom. The van der Waals surface area contributed by atoms with Gasteiger partial charge in [-0.2, -0.15) is 0 Å². The van der Waals surface area contributed by atoms with Crippen molar-refractivity contribution in [3.8, 4) is 0 Å². The first-order valence-corrected chi connectivity index (χ1v) is 17.7. The van der Waals surface area contributed by atoms with Gasteiger partial charge in [-0.05, 0) is 18.8 Å². The maximum absolute atomic E-state index is 12.5. The van der Waals surface area contributed by atoms with Gasteiger partial charge in [-0.25, -0.2) is 0 Å². The van der Waals surface area contributed by atoms with Crippen LogP contribution < -0.4 is 0 Å². The molecule has 1 unspecified atom stereocenters. The van der Waals surface area contributed by atoms with Gasteiger partial charge in [0.15, 0.2) is 0 Å². The number of carbonyl (C=O) groups excluding carboxylic acids is 1. The summed E-state index contributed by atoms with van der Waals surface area (Å²) in [5.41, 5.74) is 0. The van der Waals surface area contributed by atoms with Crippen LogP contribution in [0.25, 0.3) is 0 Å². The van der Waals surface area contributed by atoms with Crippen LogP contribution in [0.15, 0.2) is 0 Å².